The first-order valence-electron chi connectivity index (χ1n) is 9.21. The zero-order valence-electron chi connectivity index (χ0n) is 16.2. The van der Waals surface area contributed by atoms with Crippen LogP contribution in [0.15, 0.2) is 72.8 Å². The molecule has 0 radical (unpaired) electrons. The number of benzene rings is 3. The van der Waals surface area contributed by atoms with Gasteiger partial charge < -0.3 is 18.9 Å². The number of fused-ring (bicyclic) bond motifs is 1. The van der Waals surface area contributed by atoms with E-state index in [1.54, 1.807) is 55.7 Å². The highest BCUT2D eigenvalue weighted by molar-refractivity contribution is 6.06. The monoisotopic (exact) mass is 402 g/mol. The fourth-order valence-electron chi connectivity index (χ4n) is 2.86. The van der Waals surface area contributed by atoms with Crippen molar-refractivity contribution in [2.24, 2.45) is 0 Å². The highest BCUT2D eigenvalue weighted by atomic mass is 16.7. The van der Waals surface area contributed by atoms with E-state index in [2.05, 4.69) is 0 Å². The van der Waals surface area contributed by atoms with Gasteiger partial charge >= 0.3 is 5.97 Å². The van der Waals surface area contributed by atoms with E-state index >= 15 is 0 Å². The molecule has 0 spiro atoms. The highest BCUT2D eigenvalue weighted by Crippen LogP contribution is 2.32. The predicted molar refractivity (Wildman–Crippen MR) is 110 cm³/mol. The summed E-state index contributed by atoms with van der Waals surface area (Å²) in [7, 11) is 1.60. The number of carbonyl (C=O) groups excluding carboxylic acids is 2. The van der Waals surface area contributed by atoms with E-state index in [4.69, 9.17) is 18.9 Å². The largest absolute Gasteiger partial charge is 0.497 e. The molecule has 0 amide bonds. The predicted octanol–water partition coefficient (Wildman–Crippen LogP) is 4.54. The first-order chi connectivity index (χ1) is 14.6. The molecule has 0 aliphatic carbocycles. The Labute approximate surface area is 173 Å². The molecule has 0 unspecified atom stereocenters. The maximum Gasteiger partial charge on any atom is 0.343 e. The number of carbonyl (C=O) groups is 2. The van der Waals surface area contributed by atoms with Crippen LogP contribution in [-0.2, 0) is 0 Å². The Morgan fingerprint density at radius 2 is 1.50 bits per heavy atom. The molecule has 1 aliphatic rings. The van der Waals surface area contributed by atoms with Crippen molar-refractivity contribution in [1.82, 2.24) is 0 Å². The average Bonchev–Trinajstić information content (AvgIpc) is 3.26. The van der Waals surface area contributed by atoms with Crippen molar-refractivity contribution in [3.8, 4) is 23.0 Å². The minimum absolute atomic E-state index is 0.135. The average molecular weight is 402 g/mol. The molecule has 6 nitrogen and oxygen atoms in total. The molecule has 0 bridgehead atoms. The summed E-state index contributed by atoms with van der Waals surface area (Å²) >= 11 is 0. The maximum absolute atomic E-state index is 12.4. The van der Waals surface area contributed by atoms with Crippen LogP contribution in [0.5, 0.6) is 23.0 Å². The molecule has 0 N–H and O–H groups in total. The quantitative estimate of drug-likeness (QED) is 0.261. The summed E-state index contributed by atoms with van der Waals surface area (Å²) in [6.45, 7) is 0.135. The molecule has 4 rings (SSSR count). The van der Waals surface area contributed by atoms with Crippen LogP contribution >= 0.6 is 0 Å². The molecule has 3 aromatic carbocycles. The summed E-state index contributed by atoms with van der Waals surface area (Å²) in [4.78, 5) is 24.7. The molecule has 0 saturated carbocycles. The van der Waals surface area contributed by atoms with Gasteiger partial charge in [-0.05, 0) is 66.2 Å². The van der Waals surface area contributed by atoms with Crippen LogP contribution in [0.1, 0.15) is 26.3 Å². The van der Waals surface area contributed by atoms with Crippen molar-refractivity contribution >= 4 is 17.8 Å². The molecule has 0 aromatic heterocycles. The summed E-state index contributed by atoms with van der Waals surface area (Å²) in [5.41, 5.74) is 1.72. The molecular formula is C24H18O6. The van der Waals surface area contributed by atoms with Gasteiger partial charge in [-0.25, -0.2) is 4.79 Å². The third kappa shape index (κ3) is 4.33. The molecule has 30 heavy (non-hydrogen) atoms. The fraction of sp³-hybridized carbons (Fsp3) is 0.0833. The van der Waals surface area contributed by atoms with E-state index in [0.717, 1.165) is 11.3 Å². The van der Waals surface area contributed by atoms with Gasteiger partial charge in [0.1, 0.15) is 11.5 Å². The first-order valence-corrected chi connectivity index (χ1v) is 9.21. The molecule has 1 aliphatic heterocycles. The van der Waals surface area contributed by atoms with Gasteiger partial charge in [0.2, 0.25) is 6.79 Å². The van der Waals surface area contributed by atoms with Crippen molar-refractivity contribution in [2.45, 2.75) is 0 Å². The second kappa shape index (κ2) is 8.53. The van der Waals surface area contributed by atoms with Gasteiger partial charge in [-0.3, -0.25) is 4.79 Å². The van der Waals surface area contributed by atoms with E-state index < -0.39 is 5.97 Å². The zero-order valence-corrected chi connectivity index (χ0v) is 16.2. The number of methoxy groups -OCH3 is 1. The Hall–Kier alpha value is -4.06. The molecule has 0 saturated heterocycles. The van der Waals surface area contributed by atoms with Gasteiger partial charge in [-0.2, -0.15) is 0 Å². The number of allylic oxidation sites excluding steroid dienone is 1. The summed E-state index contributed by atoms with van der Waals surface area (Å²) in [6.07, 6.45) is 3.23. The van der Waals surface area contributed by atoms with Gasteiger partial charge in [0.15, 0.2) is 17.3 Å². The minimum Gasteiger partial charge on any atom is -0.497 e. The third-order valence-electron chi connectivity index (χ3n) is 4.50. The number of ketones is 1. The lowest BCUT2D eigenvalue weighted by molar-refractivity contribution is 0.0734. The summed E-state index contributed by atoms with van der Waals surface area (Å²) < 4.78 is 21.0. The van der Waals surface area contributed by atoms with Crippen LogP contribution in [0.3, 0.4) is 0 Å². The van der Waals surface area contributed by atoms with Gasteiger partial charge in [0, 0.05) is 5.56 Å². The Balaban J connectivity index is 1.38. The Morgan fingerprint density at radius 3 is 2.23 bits per heavy atom. The van der Waals surface area contributed by atoms with Gasteiger partial charge in [0.05, 0.1) is 12.7 Å². The second-order valence-electron chi connectivity index (χ2n) is 6.45. The van der Waals surface area contributed by atoms with Crippen LogP contribution in [0.25, 0.3) is 6.08 Å². The third-order valence-corrected chi connectivity index (χ3v) is 4.50. The summed E-state index contributed by atoms with van der Waals surface area (Å²) in [5.74, 6) is 1.52. The van der Waals surface area contributed by atoms with Crippen molar-refractivity contribution in [3.05, 3.63) is 89.5 Å². The van der Waals surface area contributed by atoms with Crippen molar-refractivity contribution in [1.29, 1.82) is 0 Å². The molecular weight excluding hydrogens is 384 g/mol. The molecule has 6 heteroatoms. The van der Waals surface area contributed by atoms with Crippen LogP contribution in [0, 0.1) is 0 Å². The fourth-order valence-corrected chi connectivity index (χ4v) is 2.86. The van der Waals surface area contributed by atoms with E-state index in [1.807, 2.05) is 24.3 Å². The number of hydrogen-bond acceptors (Lipinski definition) is 6. The summed E-state index contributed by atoms with van der Waals surface area (Å²) in [5, 5.41) is 0. The molecule has 1 heterocycles. The number of rotatable bonds is 6. The van der Waals surface area contributed by atoms with Gasteiger partial charge in [0.25, 0.3) is 0 Å². The van der Waals surface area contributed by atoms with Crippen LogP contribution in [0.4, 0.5) is 0 Å². The number of hydrogen-bond donors (Lipinski definition) is 0. The van der Waals surface area contributed by atoms with Crippen molar-refractivity contribution < 1.29 is 28.5 Å². The molecule has 0 fully saturated rings. The Kier molecular flexibility index (Phi) is 5.48. The lowest BCUT2D eigenvalue weighted by Gasteiger charge is -2.06. The molecule has 3 aromatic rings. The molecule has 150 valence electrons. The summed E-state index contributed by atoms with van der Waals surface area (Å²) in [6, 6.07) is 18.6. The lowest BCUT2D eigenvalue weighted by Crippen LogP contribution is -2.08. The maximum atomic E-state index is 12.4. The second-order valence-corrected chi connectivity index (χ2v) is 6.45. The Morgan fingerprint density at radius 1 is 0.833 bits per heavy atom. The van der Waals surface area contributed by atoms with Crippen LogP contribution in [0.2, 0.25) is 0 Å². The SMILES string of the molecule is COc1ccc(/C=C/C(=O)c2ccc(OC(=O)c3ccc4c(c3)OCO4)cc2)cc1. The van der Waals surface area contributed by atoms with Crippen LogP contribution in [-0.4, -0.2) is 25.7 Å². The van der Waals surface area contributed by atoms with E-state index in [-0.39, 0.29) is 12.6 Å². The van der Waals surface area contributed by atoms with E-state index in [0.29, 0.717) is 28.4 Å². The Bertz CT molecular complexity index is 1100. The zero-order chi connectivity index (χ0) is 20.9. The van der Waals surface area contributed by atoms with Gasteiger partial charge in [-0.15, -0.1) is 0 Å². The standard InChI is InChI=1S/C24H18O6/c1-27-19-8-2-16(3-9-19)4-12-21(25)17-5-10-20(11-6-17)30-24(26)18-7-13-22-23(14-18)29-15-28-22/h2-14H,15H2,1H3/b12-4+. The lowest BCUT2D eigenvalue weighted by atomic mass is 10.1. The number of ether oxygens (including phenoxy) is 4. The topological polar surface area (TPSA) is 71.1 Å². The van der Waals surface area contributed by atoms with Crippen molar-refractivity contribution in [3.63, 3.8) is 0 Å². The normalized spacial score (nSPS) is 12.0. The smallest absolute Gasteiger partial charge is 0.343 e. The number of esters is 1. The minimum atomic E-state index is -0.522. The van der Waals surface area contributed by atoms with Crippen LogP contribution < -0.4 is 18.9 Å². The van der Waals surface area contributed by atoms with Crippen molar-refractivity contribution in [2.75, 3.05) is 13.9 Å². The highest BCUT2D eigenvalue weighted by Gasteiger charge is 2.17. The van der Waals surface area contributed by atoms with E-state index in [1.165, 1.54) is 6.08 Å². The first kappa shape index (κ1) is 19.3. The molecule has 0 atom stereocenters. The van der Waals surface area contributed by atoms with Gasteiger partial charge in [-0.1, -0.05) is 18.2 Å². The van der Waals surface area contributed by atoms with E-state index in [9.17, 15) is 9.59 Å².